The van der Waals surface area contributed by atoms with Gasteiger partial charge in [0.15, 0.2) is 5.54 Å². The van der Waals surface area contributed by atoms with Crippen molar-refractivity contribution in [1.82, 2.24) is 14.3 Å². The SMILES string of the molecule is C=CC[C@H]1CN(S(=O)(=O)N[C@@H]2C[C@H]2NC(=O)OC(C)(C)C)CC1(N=[N+]=[N-])C(=O)O[C@H](C)c1ccccc1. The Kier molecular flexibility index (Phi) is 8.53. The lowest BCUT2D eigenvalue weighted by molar-refractivity contribution is -0.156. The second kappa shape index (κ2) is 11.1. The van der Waals surface area contributed by atoms with Gasteiger partial charge in [-0.05, 0) is 57.5 Å². The lowest BCUT2D eigenvalue weighted by atomic mass is 9.85. The van der Waals surface area contributed by atoms with Crippen LogP contribution in [0.4, 0.5) is 4.79 Å². The average Bonchev–Trinajstić information content (AvgIpc) is 3.39. The van der Waals surface area contributed by atoms with E-state index in [0.29, 0.717) is 6.42 Å². The summed E-state index contributed by atoms with van der Waals surface area (Å²) in [7, 11) is -4.09. The molecule has 1 saturated carbocycles. The van der Waals surface area contributed by atoms with Crippen LogP contribution in [0.25, 0.3) is 10.4 Å². The van der Waals surface area contributed by atoms with Crippen LogP contribution in [-0.4, -0.2) is 61.1 Å². The minimum Gasteiger partial charge on any atom is -0.457 e. The second-order valence-electron chi connectivity index (χ2n) is 10.3. The molecule has 1 amide bonds. The Labute approximate surface area is 217 Å². The number of benzene rings is 1. The van der Waals surface area contributed by atoms with Crippen LogP contribution in [0.2, 0.25) is 0 Å². The summed E-state index contributed by atoms with van der Waals surface area (Å²) in [6.07, 6.45) is 0.890. The molecule has 1 saturated heterocycles. The van der Waals surface area contributed by atoms with E-state index in [1.54, 1.807) is 45.9 Å². The zero-order chi connectivity index (χ0) is 27.4. The summed E-state index contributed by atoms with van der Waals surface area (Å²) in [5.74, 6) is -1.48. The highest BCUT2D eigenvalue weighted by Gasteiger charge is 2.56. The highest BCUT2D eigenvalue weighted by molar-refractivity contribution is 7.87. The van der Waals surface area contributed by atoms with Gasteiger partial charge in [0.05, 0.1) is 6.04 Å². The number of allylic oxidation sites excluding steroid dienone is 1. The molecule has 12 nitrogen and oxygen atoms in total. The van der Waals surface area contributed by atoms with E-state index < -0.39 is 57.5 Å². The van der Waals surface area contributed by atoms with Crippen molar-refractivity contribution in [1.29, 1.82) is 0 Å². The average molecular weight is 535 g/mol. The van der Waals surface area contributed by atoms with Crippen molar-refractivity contribution in [2.45, 2.75) is 69.9 Å². The molecule has 1 aliphatic carbocycles. The van der Waals surface area contributed by atoms with Crippen molar-refractivity contribution >= 4 is 22.3 Å². The molecule has 1 heterocycles. The quantitative estimate of drug-likeness (QED) is 0.154. The summed E-state index contributed by atoms with van der Waals surface area (Å²) in [6.45, 7) is 10.1. The predicted molar refractivity (Wildman–Crippen MR) is 136 cm³/mol. The number of alkyl carbamates (subject to hydrolysis) is 1. The van der Waals surface area contributed by atoms with Crippen LogP contribution in [0.1, 0.15) is 52.2 Å². The third-order valence-corrected chi connectivity index (χ3v) is 7.79. The van der Waals surface area contributed by atoms with Crippen LogP contribution >= 0.6 is 0 Å². The minimum atomic E-state index is -4.09. The molecule has 3 rings (SSSR count). The summed E-state index contributed by atoms with van der Waals surface area (Å²) < 4.78 is 40.9. The van der Waals surface area contributed by atoms with E-state index in [1.165, 1.54) is 0 Å². The number of azide groups is 1. The molecular formula is C24H34N6O6S. The molecule has 5 atom stereocenters. The first kappa shape index (κ1) is 28.5. The highest BCUT2D eigenvalue weighted by atomic mass is 32.2. The maximum Gasteiger partial charge on any atom is 0.407 e. The zero-order valence-corrected chi connectivity index (χ0v) is 22.3. The number of nitrogens with zero attached hydrogens (tertiary/aromatic N) is 4. The zero-order valence-electron chi connectivity index (χ0n) is 21.5. The number of hydrogen-bond acceptors (Lipinski definition) is 7. The van der Waals surface area contributed by atoms with Gasteiger partial charge in [0.25, 0.3) is 10.2 Å². The highest BCUT2D eigenvalue weighted by Crippen LogP contribution is 2.38. The number of ether oxygens (including phenoxy) is 2. The van der Waals surface area contributed by atoms with Crippen LogP contribution in [0, 0.1) is 5.92 Å². The standard InChI is InChI=1S/C24H34N6O6S/c1-6-10-18-14-30(37(33,34)27-20-13-19(20)26-22(32)36-23(3,4)5)15-24(18,28-29-25)21(31)35-16(2)17-11-8-7-9-12-17/h6-9,11-12,16,18-20,27H,1,10,13-15H2,2-5H3,(H,26,32)/t16-,18+,19-,20-,24?/m1/s1. The van der Waals surface area contributed by atoms with Gasteiger partial charge in [-0.15, -0.1) is 6.58 Å². The van der Waals surface area contributed by atoms with Crippen LogP contribution in [0.15, 0.2) is 48.1 Å². The Bertz CT molecular complexity index is 1160. The summed E-state index contributed by atoms with van der Waals surface area (Å²) in [5, 5.41) is 6.43. The molecule has 1 unspecified atom stereocenters. The summed E-state index contributed by atoms with van der Waals surface area (Å²) in [4.78, 5) is 28.3. The van der Waals surface area contributed by atoms with E-state index in [-0.39, 0.29) is 19.5 Å². The first-order valence-electron chi connectivity index (χ1n) is 12.0. The smallest absolute Gasteiger partial charge is 0.407 e. The fourth-order valence-electron chi connectivity index (χ4n) is 4.24. The number of carbonyl (C=O) groups excluding carboxylic acids is 2. The molecule has 1 aromatic rings. The van der Waals surface area contributed by atoms with E-state index in [4.69, 9.17) is 9.47 Å². The second-order valence-corrected chi connectivity index (χ2v) is 12.0. The van der Waals surface area contributed by atoms with Gasteiger partial charge < -0.3 is 14.8 Å². The molecule has 2 N–H and O–H groups in total. The van der Waals surface area contributed by atoms with Gasteiger partial charge in [0.2, 0.25) is 0 Å². The van der Waals surface area contributed by atoms with Crippen molar-refractivity contribution in [3.05, 3.63) is 59.0 Å². The molecule has 0 spiro atoms. The molecule has 1 aliphatic heterocycles. The van der Waals surface area contributed by atoms with Gasteiger partial charge in [-0.2, -0.15) is 17.4 Å². The molecule has 2 aliphatic rings. The Morgan fingerprint density at radius 3 is 2.59 bits per heavy atom. The van der Waals surface area contributed by atoms with Crippen molar-refractivity contribution in [3.8, 4) is 0 Å². The topological polar surface area (TPSA) is 163 Å². The van der Waals surface area contributed by atoms with E-state index in [0.717, 1.165) is 9.87 Å². The minimum absolute atomic E-state index is 0.0773. The molecule has 1 aromatic carbocycles. The molecular weight excluding hydrogens is 500 g/mol. The van der Waals surface area contributed by atoms with Crippen molar-refractivity contribution in [2.75, 3.05) is 13.1 Å². The Balaban J connectivity index is 1.73. The molecule has 0 bridgehead atoms. The van der Waals surface area contributed by atoms with Crippen LogP contribution in [0.5, 0.6) is 0 Å². The van der Waals surface area contributed by atoms with Crippen molar-refractivity contribution in [2.24, 2.45) is 11.0 Å². The first-order valence-corrected chi connectivity index (χ1v) is 13.5. The largest absolute Gasteiger partial charge is 0.457 e. The number of carbonyl (C=O) groups is 2. The summed E-state index contributed by atoms with van der Waals surface area (Å²) in [6, 6.07) is 8.09. The fourth-order valence-corrected chi connectivity index (χ4v) is 5.78. The molecule has 0 aromatic heterocycles. The number of amides is 1. The monoisotopic (exact) mass is 534 g/mol. The molecule has 2 fully saturated rings. The maximum absolute atomic E-state index is 13.4. The Morgan fingerprint density at radius 2 is 2.00 bits per heavy atom. The number of hydrogen-bond donors (Lipinski definition) is 2. The molecule has 37 heavy (non-hydrogen) atoms. The van der Waals surface area contributed by atoms with Gasteiger partial charge in [-0.3, -0.25) is 4.79 Å². The lowest BCUT2D eigenvalue weighted by Crippen LogP contribution is -2.48. The van der Waals surface area contributed by atoms with Crippen molar-refractivity contribution in [3.63, 3.8) is 0 Å². The third-order valence-electron chi connectivity index (χ3n) is 6.23. The molecule has 0 radical (unpaired) electrons. The van der Waals surface area contributed by atoms with E-state index in [9.17, 15) is 23.5 Å². The Morgan fingerprint density at radius 1 is 1.32 bits per heavy atom. The van der Waals surface area contributed by atoms with E-state index in [1.807, 2.05) is 18.2 Å². The van der Waals surface area contributed by atoms with Crippen molar-refractivity contribution < 1.29 is 27.5 Å². The van der Waals surface area contributed by atoms with Crippen LogP contribution in [0.3, 0.4) is 0 Å². The fraction of sp³-hybridized carbons (Fsp3) is 0.583. The van der Waals surface area contributed by atoms with Gasteiger partial charge in [0.1, 0.15) is 11.7 Å². The van der Waals surface area contributed by atoms with Gasteiger partial charge >= 0.3 is 12.1 Å². The third kappa shape index (κ3) is 7.01. The number of esters is 1. The summed E-state index contributed by atoms with van der Waals surface area (Å²) in [5.41, 5.74) is 7.61. The van der Waals surface area contributed by atoms with Crippen LogP contribution < -0.4 is 10.0 Å². The van der Waals surface area contributed by atoms with Gasteiger partial charge in [0, 0.05) is 24.0 Å². The Hall–Kier alpha value is -3.12. The normalized spacial score (nSPS) is 26.4. The predicted octanol–water partition coefficient (Wildman–Crippen LogP) is 3.35. The number of rotatable bonds is 10. The van der Waals surface area contributed by atoms with E-state index in [2.05, 4.69) is 26.6 Å². The number of nitrogens with one attached hydrogen (secondary N) is 2. The summed E-state index contributed by atoms with van der Waals surface area (Å²) >= 11 is 0. The maximum atomic E-state index is 13.4. The van der Waals surface area contributed by atoms with Gasteiger partial charge in [-0.25, -0.2) is 4.79 Å². The van der Waals surface area contributed by atoms with Gasteiger partial charge in [-0.1, -0.05) is 41.5 Å². The molecule has 202 valence electrons. The van der Waals surface area contributed by atoms with E-state index >= 15 is 0 Å². The van der Waals surface area contributed by atoms with Crippen LogP contribution in [-0.2, 0) is 24.5 Å². The molecule has 13 heteroatoms. The lowest BCUT2D eigenvalue weighted by Gasteiger charge is -2.28. The first-order chi connectivity index (χ1) is 17.3.